The van der Waals surface area contributed by atoms with Gasteiger partial charge in [-0.1, -0.05) is 30.0 Å². The number of thioether (sulfide) groups is 1. The van der Waals surface area contributed by atoms with E-state index in [9.17, 15) is 4.79 Å². The summed E-state index contributed by atoms with van der Waals surface area (Å²) >= 11 is 1.33. The van der Waals surface area contributed by atoms with E-state index in [0.29, 0.717) is 47.0 Å². The predicted octanol–water partition coefficient (Wildman–Crippen LogP) is 4.60. The average molecular weight is 490 g/mol. The molecule has 8 nitrogen and oxygen atoms in total. The number of Topliss-reactive ketones (excluding diaryl/α,β-unsaturated/α-hetero) is 1. The van der Waals surface area contributed by atoms with Gasteiger partial charge < -0.3 is 18.9 Å². The van der Waals surface area contributed by atoms with Crippen LogP contribution in [-0.4, -0.2) is 46.6 Å². The lowest BCUT2D eigenvalue weighted by atomic mass is 10.1. The van der Waals surface area contributed by atoms with Crippen LogP contribution in [0.15, 0.2) is 78.0 Å². The molecule has 5 rings (SSSR count). The minimum absolute atomic E-state index is 0.0365. The maximum Gasteiger partial charge on any atom is 0.196 e. The Balaban J connectivity index is 1.32. The van der Waals surface area contributed by atoms with E-state index in [-0.39, 0.29) is 18.1 Å². The minimum Gasteiger partial charge on any atom is -0.497 e. The number of hydrogen-bond donors (Lipinski definition) is 0. The number of aromatic nitrogens is 3. The van der Waals surface area contributed by atoms with Crippen LogP contribution in [0.1, 0.15) is 16.2 Å². The zero-order valence-corrected chi connectivity index (χ0v) is 19.9. The molecule has 2 heterocycles. The Bertz CT molecular complexity index is 1310. The molecule has 0 atom stereocenters. The molecule has 0 unspecified atom stereocenters. The molecule has 0 saturated heterocycles. The van der Waals surface area contributed by atoms with Gasteiger partial charge in [-0.15, -0.1) is 10.2 Å². The maximum atomic E-state index is 12.9. The van der Waals surface area contributed by atoms with Gasteiger partial charge in [0, 0.05) is 11.3 Å². The van der Waals surface area contributed by atoms with Crippen molar-refractivity contribution in [2.75, 3.05) is 26.1 Å². The third kappa shape index (κ3) is 5.25. The third-order valence-electron chi connectivity index (χ3n) is 5.34. The summed E-state index contributed by atoms with van der Waals surface area (Å²) < 4.78 is 24.2. The first-order valence-corrected chi connectivity index (χ1v) is 12.0. The SMILES string of the molecule is COc1ccc(OCc2nnc(SCC(=O)c3ccc4c(c3)OCCO4)n2-c2ccccc2)cc1. The van der Waals surface area contributed by atoms with Crippen LogP contribution in [-0.2, 0) is 6.61 Å². The molecule has 0 bridgehead atoms. The van der Waals surface area contributed by atoms with E-state index >= 15 is 0 Å². The Morgan fingerprint density at radius 2 is 1.69 bits per heavy atom. The van der Waals surface area contributed by atoms with Crippen LogP contribution in [0.4, 0.5) is 0 Å². The average Bonchev–Trinajstić information content (AvgIpc) is 3.33. The molecule has 178 valence electrons. The van der Waals surface area contributed by atoms with Crippen molar-refractivity contribution in [2.24, 2.45) is 0 Å². The van der Waals surface area contributed by atoms with Crippen LogP contribution in [0.3, 0.4) is 0 Å². The van der Waals surface area contributed by atoms with E-state index in [0.717, 1.165) is 11.4 Å². The molecular weight excluding hydrogens is 466 g/mol. The van der Waals surface area contributed by atoms with Crippen LogP contribution < -0.4 is 18.9 Å². The van der Waals surface area contributed by atoms with Crippen molar-refractivity contribution in [3.63, 3.8) is 0 Å². The standard InChI is InChI=1S/C26H23N3O5S/c1-31-20-8-10-21(11-9-20)34-16-25-27-28-26(29(25)19-5-3-2-4-6-19)35-17-22(30)18-7-12-23-24(15-18)33-14-13-32-23/h2-12,15H,13-14,16-17H2,1H3. The molecule has 0 N–H and O–H groups in total. The molecule has 3 aromatic carbocycles. The molecule has 35 heavy (non-hydrogen) atoms. The van der Waals surface area contributed by atoms with Gasteiger partial charge in [0.25, 0.3) is 0 Å². The van der Waals surface area contributed by atoms with E-state index in [2.05, 4.69) is 10.2 Å². The summed E-state index contributed by atoms with van der Waals surface area (Å²) in [7, 11) is 1.62. The molecule has 1 aliphatic rings. The first-order chi connectivity index (χ1) is 17.2. The summed E-state index contributed by atoms with van der Waals surface area (Å²) in [5.41, 5.74) is 1.45. The number of rotatable bonds is 9. The number of nitrogens with zero attached hydrogens (tertiary/aromatic N) is 3. The van der Waals surface area contributed by atoms with Crippen molar-refractivity contribution in [3.8, 4) is 28.7 Å². The number of fused-ring (bicyclic) bond motifs is 1. The molecule has 0 spiro atoms. The number of ketones is 1. The number of carbonyl (C=O) groups excluding carboxylic acids is 1. The topological polar surface area (TPSA) is 84.7 Å². The summed E-state index contributed by atoms with van der Waals surface area (Å²) in [6, 6.07) is 22.4. The molecule has 1 aliphatic heterocycles. The molecule has 0 saturated carbocycles. The zero-order chi connectivity index (χ0) is 24.0. The van der Waals surface area contributed by atoms with E-state index in [1.54, 1.807) is 25.3 Å². The summed E-state index contributed by atoms with van der Waals surface area (Å²) in [6.07, 6.45) is 0. The second-order valence-electron chi connectivity index (χ2n) is 7.60. The number of benzene rings is 3. The summed E-state index contributed by atoms with van der Waals surface area (Å²) in [6.45, 7) is 1.20. The van der Waals surface area contributed by atoms with E-state index in [1.807, 2.05) is 59.2 Å². The fourth-order valence-corrected chi connectivity index (χ4v) is 4.44. The van der Waals surface area contributed by atoms with Gasteiger partial charge >= 0.3 is 0 Å². The highest BCUT2D eigenvalue weighted by atomic mass is 32.2. The zero-order valence-electron chi connectivity index (χ0n) is 19.0. The monoisotopic (exact) mass is 489 g/mol. The van der Waals surface area contributed by atoms with Gasteiger partial charge in [0.05, 0.1) is 12.9 Å². The highest BCUT2D eigenvalue weighted by molar-refractivity contribution is 7.99. The fourth-order valence-electron chi connectivity index (χ4n) is 3.57. The number of para-hydroxylation sites is 1. The lowest BCUT2D eigenvalue weighted by Crippen LogP contribution is -2.16. The minimum atomic E-state index is -0.0365. The van der Waals surface area contributed by atoms with Crippen molar-refractivity contribution >= 4 is 17.5 Å². The normalized spacial score (nSPS) is 12.3. The highest BCUT2D eigenvalue weighted by Crippen LogP contribution is 2.32. The largest absolute Gasteiger partial charge is 0.497 e. The van der Waals surface area contributed by atoms with Gasteiger partial charge in [0.15, 0.2) is 28.3 Å². The van der Waals surface area contributed by atoms with Crippen molar-refractivity contribution in [1.29, 1.82) is 0 Å². The summed E-state index contributed by atoms with van der Waals surface area (Å²) in [4.78, 5) is 12.9. The van der Waals surface area contributed by atoms with Crippen molar-refractivity contribution < 1.29 is 23.7 Å². The Labute approximate surface area is 206 Å². The van der Waals surface area contributed by atoms with Gasteiger partial charge in [0.2, 0.25) is 0 Å². The molecule has 0 amide bonds. The second-order valence-corrected chi connectivity index (χ2v) is 8.55. The number of hydrogen-bond acceptors (Lipinski definition) is 8. The van der Waals surface area contributed by atoms with E-state index in [1.165, 1.54) is 11.8 Å². The Morgan fingerprint density at radius 3 is 2.46 bits per heavy atom. The van der Waals surface area contributed by atoms with Gasteiger partial charge in [-0.3, -0.25) is 9.36 Å². The third-order valence-corrected chi connectivity index (χ3v) is 6.27. The fraction of sp³-hybridized carbons (Fsp3) is 0.192. The van der Waals surface area contributed by atoms with Crippen LogP contribution in [0.25, 0.3) is 5.69 Å². The molecule has 0 radical (unpaired) electrons. The quantitative estimate of drug-likeness (QED) is 0.249. The first-order valence-electron chi connectivity index (χ1n) is 11.0. The molecular formula is C26H23N3O5S. The lowest BCUT2D eigenvalue weighted by molar-refractivity contribution is 0.102. The van der Waals surface area contributed by atoms with Crippen molar-refractivity contribution in [1.82, 2.24) is 14.8 Å². The lowest BCUT2D eigenvalue weighted by Gasteiger charge is -2.18. The van der Waals surface area contributed by atoms with Gasteiger partial charge in [-0.2, -0.15) is 0 Å². The molecule has 4 aromatic rings. The summed E-state index contributed by atoms with van der Waals surface area (Å²) in [5.74, 6) is 3.49. The van der Waals surface area contributed by atoms with Crippen molar-refractivity contribution in [2.45, 2.75) is 11.8 Å². The van der Waals surface area contributed by atoms with Gasteiger partial charge in [0.1, 0.15) is 31.3 Å². The molecule has 0 aliphatic carbocycles. The Kier molecular flexibility index (Phi) is 6.85. The van der Waals surface area contributed by atoms with Crippen LogP contribution >= 0.6 is 11.8 Å². The van der Waals surface area contributed by atoms with Gasteiger partial charge in [-0.25, -0.2) is 0 Å². The van der Waals surface area contributed by atoms with Gasteiger partial charge in [-0.05, 0) is 54.6 Å². The highest BCUT2D eigenvalue weighted by Gasteiger charge is 2.19. The molecule has 1 aromatic heterocycles. The summed E-state index contributed by atoms with van der Waals surface area (Å²) in [5, 5.41) is 9.30. The van der Waals surface area contributed by atoms with Crippen molar-refractivity contribution in [3.05, 3.63) is 84.2 Å². The van der Waals surface area contributed by atoms with Crippen LogP contribution in [0.2, 0.25) is 0 Å². The maximum absolute atomic E-state index is 12.9. The molecule has 9 heteroatoms. The van der Waals surface area contributed by atoms with Crippen LogP contribution in [0.5, 0.6) is 23.0 Å². The predicted molar refractivity (Wildman–Crippen MR) is 131 cm³/mol. The Morgan fingerprint density at radius 1 is 0.943 bits per heavy atom. The number of ether oxygens (including phenoxy) is 4. The molecule has 0 fully saturated rings. The van der Waals surface area contributed by atoms with E-state index < -0.39 is 0 Å². The first kappa shape index (κ1) is 22.8. The number of carbonyl (C=O) groups is 1. The second kappa shape index (κ2) is 10.5. The van der Waals surface area contributed by atoms with Crippen LogP contribution in [0, 0.1) is 0 Å². The number of methoxy groups -OCH3 is 1. The smallest absolute Gasteiger partial charge is 0.196 e. The van der Waals surface area contributed by atoms with E-state index in [4.69, 9.17) is 18.9 Å². The Hall–Kier alpha value is -3.98.